The average Bonchev–Trinajstić information content (AvgIpc) is 3.21. The highest BCUT2D eigenvalue weighted by Gasteiger charge is 2.29. The number of sulfonamides is 1. The van der Waals surface area contributed by atoms with E-state index in [2.05, 4.69) is 4.72 Å². The Morgan fingerprint density at radius 2 is 2.21 bits per heavy atom. The molecule has 1 saturated carbocycles. The van der Waals surface area contributed by atoms with Gasteiger partial charge in [0.05, 0.1) is 11.5 Å². The minimum Gasteiger partial charge on any atom is -0.494 e. The summed E-state index contributed by atoms with van der Waals surface area (Å²) in [5.74, 6) is 1.02. The molecule has 0 spiro atoms. The quantitative estimate of drug-likeness (QED) is 0.785. The van der Waals surface area contributed by atoms with Crippen LogP contribution in [0.25, 0.3) is 0 Å². The Labute approximate surface area is 114 Å². The molecule has 2 rings (SSSR count). The van der Waals surface area contributed by atoms with Crippen LogP contribution in [-0.2, 0) is 10.0 Å². The van der Waals surface area contributed by atoms with Gasteiger partial charge in [0.25, 0.3) is 0 Å². The second-order valence-electron chi connectivity index (χ2n) is 4.76. The number of hydrogen-bond acceptors (Lipinski definition) is 4. The third-order valence-corrected chi connectivity index (χ3v) is 4.58. The molecule has 6 heteroatoms. The van der Waals surface area contributed by atoms with Crippen LogP contribution in [0, 0.1) is 5.92 Å². The van der Waals surface area contributed by atoms with E-state index >= 15 is 0 Å². The highest BCUT2D eigenvalue weighted by molar-refractivity contribution is 7.89. The fourth-order valence-corrected chi connectivity index (χ4v) is 2.99. The Kier molecular flexibility index (Phi) is 4.44. The Bertz CT molecular complexity index is 526. The number of ether oxygens (including phenoxy) is 1. The van der Waals surface area contributed by atoms with Gasteiger partial charge in [-0.15, -0.1) is 0 Å². The molecule has 0 radical (unpaired) electrons. The maximum atomic E-state index is 12.1. The molecule has 0 aliphatic heterocycles. The first kappa shape index (κ1) is 14.3. The molecule has 0 aromatic heterocycles. The molecule has 106 valence electrons. The van der Waals surface area contributed by atoms with Gasteiger partial charge >= 0.3 is 0 Å². The predicted molar refractivity (Wildman–Crippen MR) is 73.5 cm³/mol. The van der Waals surface area contributed by atoms with Gasteiger partial charge in [-0.2, -0.15) is 0 Å². The molecule has 1 unspecified atom stereocenters. The van der Waals surface area contributed by atoms with Crippen LogP contribution in [0.2, 0.25) is 0 Å². The molecule has 0 heterocycles. The SMILES string of the molecule is CCOc1cccc(S(=O)(=O)NCC(N)C2CC2)c1. The van der Waals surface area contributed by atoms with Crippen molar-refractivity contribution in [2.45, 2.75) is 30.7 Å². The lowest BCUT2D eigenvalue weighted by molar-refractivity contribution is 0.339. The number of nitrogens with two attached hydrogens (primary N) is 1. The van der Waals surface area contributed by atoms with Crippen LogP contribution in [0.3, 0.4) is 0 Å². The van der Waals surface area contributed by atoms with Crippen molar-refractivity contribution in [2.24, 2.45) is 11.7 Å². The van der Waals surface area contributed by atoms with Gasteiger partial charge in [0, 0.05) is 18.7 Å². The summed E-state index contributed by atoms with van der Waals surface area (Å²) in [4.78, 5) is 0.210. The highest BCUT2D eigenvalue weighted by atomic mass is 32.2. The van der Waals surface area contributed by atoms with Gasteiger partial charge in [0.1, 0.15) is 5.75 Å². The van der Waals surface area contributed by atoms with Crippen LogP contribution in [0.5, 0.6) is 5.75 Å². The zero-order valence-corrected chi connectivity index (χ0v) is 11.8. The van der Waals surface area contributed by atoms with Gasteiger partial charge in [0.2, 0.25) is 10.0 Å². The van der Waals surface area contributed by atoms with E-state index in [0.29, 0.717) is 18.3 Å². The van der Waals surface area contributed by atoms with Crippen LogP contribution in [0.15, 0.2) is 29.2 Å². The van der Waals surface area contributed by atoms with Gasteiger partial charge in [-0.3, -0.25) is 0 Å². The lowest BCUT2D eigenvalue weighted by Crippen LogP contribution is -2.38. The molecular weight excluding hydrogens is 264 g/mol. The number of nitrogens with one attached hydrogen (secondary N) is 1. The van der Waals surface area contributed by atoms with E-state index in [4.69, 9.17) is 10.5 Å². The van der Waals surface area contributed by atoms with E-state index < -0.39 is 10.0 Å². The van der Waals surface area contributed by atoms with E-state index in [0.717, 1.165) is 12.8 Å². The number of rotatable bonds is 7. The largest absolute Gasteiger partial charge is 0.494 e. The van der Waals surface area contributed by atoms with E-state index in [1.54, 1.807) is 18.2 Å². The minimum atomic E-state index is -3.51. The molecule has 0 amide bonds. The first-order chi connectivity index (χ1) is 9.03. The minimum absolute atomic E-state index is 0.0927. The molecule has 0 bridgehead atoms. The third-order valence-electron chi connectivity index (χ3n) is 3.16. The van der Waals surface area contributed by atoms with Gasteiger partial charge in [-0.1, -0.05) is 6.07 Å². The second-order valence-corrected chi connectivity index (χ2v) is 6.53. The van der Waals surface area contributed by atoms with Crippen LogP contribution in [0.1, 0.15) is 19.8 Å². The van der Waals surface area contributed by atoms with E-state index in [-0.39, 0.29) is 17.5 Å². The summed E-state index contributed by atoms with van der Waals surface area (Å²) >= 11 is 0. The topological polar surface area (TPSA) is 81.4 Å². The summed E-state index contributed by atoms with van der Waals surface area (Å²) in [5.41, 5.74) is 5.89. The fourth-order valence-electron chi connectivity index (χ4n) is 1.88. The summed E-state index contributed by atoms with van der Waals surface area (Å²) in [5, 5.41) is 0. The summed E-state index contributed by atoms with van der Waals surface area (Å²) in [7, 11) is -3.51. The van der Waals surface area contributed by atoms with Crippen LogP contribution >= 0.6 is 0 Å². The zero-order chi connectivity index (χ0) is 13.9. The zero-order valence-electron chi connectivity index (χ0n) is 11.0. The molecule has 3 N–H and O–H groups in total. The normalized spacial score (nSPS) is 17.2. The number of benzene rings is 1. The molecule has 1 aromatic carbocycles. The summed E-state index contributed by atoms with van der Waals surface area (Å²) in [6, 6.07) is 6.38. The van der Waals surface area contributed by atoms with Crippen molar-refractivity contribution >= 4 is 10.0 Å². The van der Waals surface area contributed by atoms with E-state index in [1.165, 1.54) is 6.07 Å². The van der Waals surface area contributed by atoms with Crippen LogP contribution < -0.4 is 15.2 Å². The Hall–Kier alpha value is -1.11. The van der Waals surface area contributed by atoms with Crippen molar-refractivity contribution < 1.29 is 13.2 Å². The van der Waals surface area contributed by atoms with Gasteiger partial charge in [-0.05, 0) is 37.8 Å². The van der Waals surface area contributed by atoms with E-state index in [9.17, 15) is 8.42 Å². The lowest BCUT2D eigenvalue weighted by Gasteiger charge is -2.12. The van der Waals surface area contributed by atoms with Crippen LogP contribution in [-0.4, -0.2) is 27.6 Å². The monoisotopic (exact) mass is 284 g/mol. The summed E-state index contributed by atoms with van der Waals surface area (Å²) in [6.07, 6.45) is 2.20. The molecule has 1 fully saturated rings. The maximum absolute atomic E-state index is 12.1. The van der Waals surface area contributed by atoms with Crippen molar-refractivity contribution in [1.82, 2.24) is 4.72 Å². The first-order valence-corrected chi connectivity index (χ1v) is 7.99. The molecular formula is C13H20N2O3S. The second kappa shape index (κ2) is 5.90. The third kappa shape index (κ3) is 3.92. The predicted octanol–water partition coefficient (Wildman–Crippen LogP) is 1.10. The Balaban J connectivity index is 2.03. The van der Waals surface area contributed by atoms with E-state index in [1.807, 2.05) is 6.92 Å². The van der Waals surface area contributed by atoms with Crippen molar-refractivity contribution in [3.05, 3.63) is 24.3 Å². The molecule has 1 aliphatic carbocycles. The van der Waals surface area contributed by atoms with Gasteiger partial charge < -0.3 is 10.5 Å². The van der Waals surface area contributed by atoms with Crippen molar-refractivity contribution in [2.75, 3.05) is 13.2 Å². The Morgan fingerprint density at radius 3 is 2.84 bits per heavy atom. The van der Waals surface area contributed by atoms with Crippen molar-refractivity contribution in [3.8, 4) is 5.75 Å². The smallest absolute Gasteiger partial charge is 0.240 e. The molecule has 19 heavy (non-hydrogen) atoms. The number of hydrogen-bond donors (Lipinski definition) is 2. The van der Waals surface area contributed by atoms with Crippen molar-refractivity contribution in [3.63, 3.8) is 0 Å². The molecule has 1 aromatic rings. The molecule has 5 nitrogen and oxygen atoms in total. The van der Waals surface area contributed by atoms with Gasteiger partial charge in [-0.25, -0.2) is 13.1 Å². The van der Waals surface area contributed by atoms with Crippen LogP contribution in [0.4, 0.5) is 0 Å². The maximum Gasteiger partial charge on any atom is 0.240 e. The molecule has 1 aliphatic rings. The van der Waals surface area contributed by atoms with Gasteiger partial charge in [0.15, 0.2) is 0 Å². The molecule has 0 saturated heterocycles. The molecule has 1 atom stereocenters. The summed E-state index contributed by atoms with van der Waals surface area (Å²) < 4.78 is 32.1. The van der Waals surface area contributed by atoms with Crippen molar-refractivity contribution in [1.29, 1.82) is 0 Å². The highest BCUT2D eigenvalue weighted by Crippen LogP contribution is 2.31. The lowest BCUT2D eigenvalue weighted by atomic mass is 10.2. The fraction of sp³-hybridized carbons (Fsp3) is 0.538. The first-order valence-electron chi connectivity index (χ1n) is 6.51. The average molecular weight is 284 g/mol. The Morgan fingerprint density at radius 1 is 1.47 bits per heavy atom. The standard InChI is InChI=1S/C13H20N2O3S/c1-2-18-11-4-3-5-12(8-11)19(16,17)15-9-13(14)10-6-7-10/h3-5,8,10,13,15H,2,6-7,9,14H2,1H3. The summed E-state index contributed by atoms with van der Waals surface area (Å²) in [6.45, 7) is 2.64.